The molecule has 0 saturated carbocycles. The maximum absolute atomic E-state index is 11.3. The third kappa shape index (κ3) is 7.36. The number of aliphatic hydroxyl groups excluding tert-OH is 1. The molecule has 8 nitrogen and oxygen atoms in total. The second kappa shape index (κ2) is 12.4. The molecular formula is C27H34O8. The van der Waals surface area contributed by atoms with E-state index >= 15 is 0 Å². The number of hydrogen-bond donors (Lipinski definition) is 3. The van der Waals surface area contributed by atoms with Gasteiger partial charge in [-0.2, -0.15) is 0 Å². The van der Waals surface area contributed by atoms with Gasteiger partial charge in [-0.3, -0.25) is 9.59 Å². The standard InChI is InChI=1S/C27H34O8/c1-2-7-21-23(34-17-6-16-33-19-8-4-3-5-9-19)11-10-20-22(28)18-27(35-26(20)21,14-12-24(29)30)15-13-25(31)32/h3-5,8-11,22,28H,2,6-7,12-18H2,1H3,(H,29,30)(H,31,32). The van der Waals surface area contributed by atoms with Gasteiger partial charge in [0.05, 0.1) is 19.3 Å². The molecule has 0 bridgehead atoms. The van der Waals surface area contributed by atoms with Crippen LogP contribution >= 0.6 is 0 Å². The van der Waals surface area contributed by atoms with Crippen LogP contribution < -0.4 is 14.2 Å². The van der Waals surface area contributed by atoms with Crippen LogP contribution in [0.1, 0.15) is 69.1 Å². The molecule has 0 aliphatic carbocycles. The quantitative estimate of drug-likeness (QED) is 0.326. The molecule has 1 atom stereocenters. The van der Waals surface area contributed by atoms with E-state index in [0.717, 1.165) is 17.7 Å². The largest absolute Gasteiger partial charge is 0.493 e. The van der Waals surface area contributed by atoms with Crippen LogP contribution in [0.5, 0.6) is 17.2 Å². The molecule has 0 radical (unpaired) electrons. The highest BCUT2D eigenvalue weighted by molar-refractivity contribution is 5.68. The van der Waals surface area contributed by atoms with Crippen molar-refractivity contribution >= 4 is 11.9 Å². The summed E-state index contributed by atoms with van der Waals surface area (Å²) in [5.41, 5.74) is 0.352. The Morgan fingerprint density at radius 2 is 1.66 bits per heavy atom. The minimum atomic E-state index is -1.08. The molecular weight excluding hydrogens is 452 g/mol. The van der Waals surface area contributed by atoms with E-state index in [2.05, 4.69) is 0 Å². The van der Waals surface area contributed by atoms with Gasteiger partial charge in [-0.15, -0.1) is 0 Å². The van der Waals surface area contributed by atoms with Gasteiger partial charge in [0.2, 0.25) is 0 Å². The zero-order valence-corrected chi connectivity index (χ0v) is 20.1. The SMILES string of the molecule is CCCc1c(OCCCOc2ccccc2)ccc2c1OC(CCC(=O)O)(CCC(=O)O)CC2O. The van der Waals surface area contributed by atoms with Crippen molar-refractivity contribution < 1.29 is 39.1 Å². The van der Waals surface area contributed by atoms with E-state index in [1.165, 1.54) is 0 Å². The molecule has 0 aromatic heterocycles. The molecule has 0 fully saturated rings. The smallest absolute Gasteiger partial charge is 0.303 e. The third-order valence-corrected chi connectivity index (χ3v) is 6.14. The molecule has 1 unspecified atom stereocenters. The molecule has 2 aromatic carbocycles. The summed E-state index contributed by atoms with van der Waals surface area (Å²) >= 11 is 0. The van der Waals surface area contributed by atoms with Crippen LogP contribution in [0.2, 0.25) is 0 Å². The second-order valence-corrected chi connectivity index (χ2v) is 8.87. The van der Waals surface area contributed by atoms with Gasteiger partial charge in [-0.05, 0) is 43.5 Å². The summed E-state index contributed by atoms with van der Waals surface area (Å²) in [5.74, 6) is -0.0575. The first kappa shape index (κ1) is 26.3. The van der Waals surface area contributed by atoms with E-state index < -0.39 is 23.6 Å². The topological polar surface area (TPSA) is 123 Å². The molecule has 1 heterocycles. The van der Waals surface area contributed by atoms with Gasteiger partial charge in [0.15, 0.2) is 0 Å². The van der Waals surface area contributed by atoms with Crippen LogP contribution in [-0.2, 0) is 16.0 Å². The van der Waals surface area contributed by atoms with Crippen molar-refractivity contribution in [2.24, 2.45) is 0 Å². The van der Waals surface area contributed by atoms with E-state index in [1.807, 2.05) is 43.3 Å². The summed E-state index contributed by atoms with van der Waals surface area (Å²) in [6, 6.07) is 13.1. The van der Waals surface area contributed by atoms with Crippen molar-refractivity contribution in [3.8, 4) is 17.2 Å². The van der Waals surface area contributed by atoms with Gasteiger partial charge in [-0.1, -0.05) is 31.5 Å². The highest BCUT2D eigenvalue weighted by Gasteiger charge is 2.42. The molecule has 0 amide bonds. The van der Waals surface area contributed by atoms with E-state index in [0.29, 0.717) is 43.1 Å². The molecule has 0 saturated heterocycles. The van der Waals surface area contributed by atoms with Gasteiger partial charge in [0.1, 0.15) is 22.8 Å². The van der Waals surface area contributed by atoms with Crippen LogP contribution in [0, 0.1) is 0 Å². The van der Waals surface area contributed by atoms with Crippen molar-refractivity contribution in [1.82, 2.24) is 0 Å². The van der Waals surface area contributed by atoms with Gasteiger partial charge in [-0.25, -0.2) is 0 Å². The zero-order valence-electron chi connectivity index (χ0n) is 20.1. The Kier molecular flexibility index (Phi) is 9.37. The van der Waals surface area contributed by atoms with E-state index in [9.17, 15) is 24.9 Å². The first-order valence-corrected chi connectivity index (χ1v) is 12.1. The van der Waals surface area contributed by atoms with E-state index in [1.54, 1.807) is 6.07 Å². The first-order valence-electron chi connectivity index (χ1n) is 12.1. The Labute approximate surface area is 205 Å². The lowest BCUT2D eigenvalue weighted by molar-refractivity contribution is -0.140. The zero-order chi connectivity index (χ0) is 25.3. The lowest BCUT2D eigenvalue weighted by Gasteiger charge is -2.42. The Bertz CT molecular complexity index is 970. The predicted octanol–water partition coefficient (Wildman–Crippen LogP) is 4.77. The molecule has 8 heteroatoms. The summed E-state index contributed by atoms with van der Waals surface area (Å²) in [7, 11) is 0. The predicted molar refractivity (Wildman–Crippen MR) is 129 cm³/mol. The van der Waals surface area contributed by atoms with Crippen molar-refractivity contribution in [3.63, 3.8) is 0 Å². The summed E-state index contributed by atoms with van der Waals surface area (Å²) in [6.07, 6.45) is 1.24. The van der Waals surface area contributed by atoms with Crippen molar-refractivity contribution in [2.75, 3.05) is 13.2 Å². The Morgan fingerprint density at radius 1 is 1.00 bits per heavy atom. The van der Waals surface area contributed by atoms with Gasteiger partial charge < -0.3 is 29.5 Å². The normalized spacial score (nSPS) is 16.1. The number of aliphatic hydroxyl groups is 1. The number of carboxylic acids is 2. The molecule has 1 aliphatic rings. The minimum Gasteiger partial charge on any atom is -0.493 e. The first-order chi connectivity index (χ1) is 16.8. The van der Waals surface area contributed by atoms with Crippen LogP contribution in [0.25, 0.3) is 0 Å². The molecule has 1 aliphatic heterocycles. The van der Waals surface area contributed by atoms with Crippen LogP contribution in [0.4, 0.5) is 0 Å². The monoisotopic (exact) mass is 486 g/mol. The average Bonchev–Trinajstić information content (AvgIpc) is 2.83. The summed E-state index contributed by atoms with van der Waals surface area (Å²) in [6.45, 7) is 2.95. The maximum atomic E-state index is 11.3. The van der Waals surface area contributed by atoms with E-state index in [-0.39, 0.29) is 32.1 Å². The molecule has 2 aromatic rings. The molecule has 3 rings (SSSR count). The Morgan fingerprint density at radius 3 is 2.29 bits per heavy atom. The number of carbonyl (C=O) groups is 2. The summed E-state index contributed by atoms with van der Waals surface area (Å²) in [4.78, 5) is 22.5. The van der Waals surface area contributed by atoms with Crippen LogP contribution in [0.15, 0.2) is 42.5 Å². The number of hydrogen-bond acceptors (Lipinski definition) is 6. The average molecular weight is 487 g/mol. The van der Waals surface area contributed by atoms with Crippen molar-refractivity contribution in [2.45, 2.75) is 70.0 Å². The lowest BCUT2D eigenvalue weighted by atomic mass is 9.81. The van der Waals surface area contributed by atoms with Gasteiger partial charge >= 0.3 is 11.9 Å². The van der Waals surface area contributed by atoms with Gasteiger partial charge in [0, 0.05) is 36.8 Å². The molecule has 3 N–H and O–H groups in total. The van der Waals surface area contributed by atoms with E-state index in [4.69, 9.17) is 14.2 Å². The summed E-state index contributed by atoms with van der Waals surface area (Å²) in [5, 5.41) is 29.4. The van der Waals surface area contributed by atoms with Crippen molar-refractivity contribution in [3.05, 3.63) is 53.6 Å². The number of rotatable bonds is 14. The number of ether oxygens (including phenoxy) is 3. The highest BCUT2D eigenvalue weighted by Crippen LogP contribution is 2.48. The van der Waals surface area contributed by atoms with Crippen molar-refractivity contribution in [1.29, 1.82) is 0 Å². The fourth-order valence-corrected chi connectivity index (χ4v) is 4.40. The Balaban J connectivity index is 1.77. The fourth-order valence-electron chi connectivity index (χ4n) is 4.40. The van der Waals surface area contributed by atoms with Crippen LogP contribution in [-0.4, -0.2) is 46.1 Å². The maximum Gasteiger partial charge on any atom is 0.303 e. The highest BCUT2D eigenvalue weighted by atomic mass is 16.5. The minimum absolute atomic E-state index is 0.111. The number of fused-ring (bicyclic) bond motifs is 1. The fraction of sp³-hybridized carbons (Fsp3) is 0.481. The summed E-state index contributed by atoms with van der Waals surface area (Å²) < 4.78 is 18.2. The third-order valence-electron chi connectivity index (χ3n) is 6.14. The van der Waals surface area contributed by atoms with Crippen LogP contribution in [0.3, 0.4) is 0 Å². The molecule has 35 heavy (non-hydrogen) atoms. The lowest BCUT2D eigenvalue weighted by Crippen LogP contribution is -2.42. The number of carboxylic acid groups (broad SMARTS) is 2. The van der Waals surface area contributed by atoms with Gasteiger partial charge in [0.25, 0.3) is 0 Å². The Hall–Kier alpha value is -3.26. The molecule has 190 valence electrons. The number of para-hydroxylation sites is 1. The molecule has 0 spiro atoms. The second-order valence-electron chi connectivity index (χ2n) is 8.87. The number of benzene rings is 2. The number of aliphatic carboxylic acids is 2.